The number of amides is 1. The molecule has 0 aromatic rings. The lowest BCUT2D eigenvalue weighted by Gasteiger charge is -2.30. The van der Waals surface area contributed by atoms with E-state index in [-0.39, 0.29) is 18.1 Å². The van der Waals surface area contributed by atoms with Crippen molar-refractivity contribution in [3.05, 3.63) is 0 Å². The Kier molecular flexibility index (Phi) is 5.19. The van der Waals surface area contributed by atoms with Gasteiger partial charge in [-0.2, -0.15) is 0 Å². The van der Waals surface area contributed by atoms with Gasteiger partial charge in [-0.1, -0.05) is 13.8 Å². The minimum Gasteiger partial charge on any atom is -0.378 e. The van der Waals surface area contributed by atoms with E-state index in [2.05, 4.69) is 24.1 Å². The molecule has 2 heterocycles. The van der Waals surface area contributed by atoms with E-state index in [0.29, 0.717) is 31.5 Å². The van der Waals surface area contributed by atoms with E-state index < -0.39 is 0 Å². The standard InChI is InChI=1S/C14H26N2O3/c1-10(2)13-11(4-6-19-13)8-15-14(17)12-9-16(3)5-7-18-12/h10-13H,4-9H2,1-3H3,(H,15,17)/t11-,12+,13-/m1/s1. The highest BCUT2D eigenvalue weighted by Crippen LogP contribution is 2.26. The van der Waals surface area contributed by atoms with Crippen molar-refractivity contribution < 1.29 is 14.3 Å². The fourth-order valence-electron chi connectivity index (χ4n) is 2.89. The molecule has 2 rings (SSSR count). The Labute approximate surface area is 115 Å². The van der Waals surface area contributed by atoms with Crippen molar-refractivity contribution in [1.82, 2.24) is 10.2 Å². The molecule has 0 radical (unpaired) electrons. The van der Waals surface area contributed by atoms with Crippen molar-refractivity contribution in [3.63, 3.8) is 0 Å². The largest absolute Gasteiger partial charge is 0.378 e. The van der Waals surface area contributed by atoms with Gasteiger partial charge >= 0.3 is 0 Å². The summed E-state index contributed by atoms with van der Waals surface area (Å²) in [4.78, 5) is 14.2. The van der Waals surface area contributed by atoms with Crippen LogP contribution in [0.1, 0.15) is 20.3 Å². The van der Waals surface area contributed by atoms with Gasteiger partial charge in [0.2, 0.25) is 5.91 Å². The van der Waals surface area contributed by atoms with Gasteiger partial charge in [0.25, 0.3) is 0 Å². The number of ether oxygens (including phenoxy) is 2. The summed E-state index contributed by atoms with van der Waals surface area (Å²) in [5.41, 5.74) is 0. The van der Waals surface area contributed by atoms with Crippen LogP contribution >= 0.6 is 0 Å². The average molecular weight is 270 g/mol. The van der Waals surface area contributed by atoms with Crippen LogP contribution in [0.5, 0.6) is 0 Å². The van der Waals surface area contributed by atoms with E-state index in [1.807, 2.05) is 7.05 Å². The summed E-state index contributed by atoms with van der Waals surface area (Å²) in [6, 6.07) is 0. The quantitative estimate of drug-likeness (QED) is 0.808. The zero-order chi connectivity index (χ0) is 13.8. The maximum Gasteiger partial charge on any atom is 0.250 e. The van der Waals surface area contributed by atoms with Crippen molar-refractivity contribution in [2.75, 3.05) is 39.9 Å². The Morgan fingerprint density at radius 1 is 1.37 bits per heavy atom. The zero-order valence-corrected chi connectivity index (χ0v) is 12.2. The van der Waals surface area contributed by atoms with Gasteiger partial charge in [0.05, 0.1) is 12.7 Å². The van der Waals surface area contributed by atoms with Gasteiger partial charge in [0, 0.05) is 32.2 Å². The second-order valence-corrected chi connectivity index (χ2v) is 6.00. The molecule has 110 valence electrons. The van der Waals surface area contributed by atoms with E-state index in [0.717, 1.165) is 19.6 Å². The van der Waals surface area contributed by atoms with Crippen LogP contribution in [-0.4, -0.2) is 62.9 Å². The lowest BCUT2D eigenvalue weighted by atomic mass is 9.93. The van der Waals surface area contributed by atoms with E-state index in [1.54, 1.807) is 0 Å². The maximum absolute atomic E-state index is 12.1. The molecule has 5 nitrogen and oxygen atoms in total. The van der Waals surface area contributed by atoms with E-state index in [9.17, 15) is 4.79 Å². The maximum atomic E-state index is 12.1. The number of nitrogens with one attached hydrogen (secondary N) is 1. The van der Waals surface area contributed by atoms with Crippen LogP contribution in [0.25, 0.3) is 0 Å². The SMILES string of the molecule is CC(C)[C@H]1OCC[C@@H]1CNC(=O)[C@@H]1CN(C)CCO1. The zero-order valence-electron chi connectivity index (χ0n) is 12.2. The molecule has 0 saturated carbocycles. The summed E-state index contributed by atoms with van der Waals surface area (Å²) in [6.07, 6.45) is 0.989. The van der Waals surface area contributed by atoms with Crippen LogP contribution in [0.15, 0.2) is 0 Å². The van der Waals surface area contributed by atoms with Gasteiger partial charge in [-0.05, 0) is 19.4 Å². The fraction of sp³-hybridized carbons (Fsp3) is 0.929. The molecule has 0 aliphatic carbocycles. The van der Waals surface area contributed by atoms with Crippen LogP contribution in [0.4, 0.5) is 0 Å². The highest BCUT2D eigenvalue weighted by Gasteiger charge is 2.32. The van der Waals surface area contributed by atoms with E-state index in [4.69, 9.17) is 9.47 Å². The molecule has 3 atom stereocenters. The van der Waals surface area contributed by atoms with Gasteiger partial charge in [-0.3, -0.25) is 4.79 Å². The van der Waals surface area contributed by atoms with Gasteiger partial charge in [-0.15, -0.1) is 0 Å². The number of carbonyl (C=O) groups is 1. The van der Waals surface area contributed by atoms with Crippen molar-refractivity contribution >= 4 is 5.91 Å². The van der Waals surface area contributed by atoms with Crippen LogP contribution in [0.3, 0.4) is 0 Å². The minimum atomic E-state index is -0.321. The molecule has 0 spiro atoms. The minimum absolute atomic E-state index is 0.0148. The molecule has 0 aromatic heterocycles. The predicted octanol–water partition coefficient (Wildman–Crippen LogP) is 0.494. The van der Waals surface area contributed by atoms with Crippen LogP contribution in [-0.2, 0) is 14.3 Å². The van der Waals surface area contributed by atoms with Crippen molar-refractivity contribution in [2.24, 2.45) is 11.8 Å². The molecule has 1 N–H and O–H groups in total. The van der Waals surface area contributed by atoms with Crippen molar-refractivity contribution in [1.29, 1.82) is 0 Å². The third kappa shape index (κ3) is 3.91. The first kappa shape index (κ1) is 14.8. The Morgan fingerprint density at radius 2 is 2.16 bits per heavy atom. The van der Waals surface area contributed by atoms with Gasteiger partial charge in [0.1, 0.15) is 6.10 Å². The molecular formula is C14H26N2O3. The first-order valence-corrected chi connectivity index (χ1v) is 7.27. The molecule has 0 unspecified atom stereocenters. The lowest BCUT2D eigenvalue weighted by Crippen LogP contribution is -2.49. The Balaban J connectivity index is 1.76. The molecular weight excluding hydrogens is 244 g/mol. The smallest absolute Gasteiger partial charge is 0.250 e. The number of hydrogen-bond acceptors (Lipinski definition) is 4. The topological polar surface area (TPSA) is 50.8 Å². The van der Waals surface area contributed by atoms with Crippen LogP contribution in [0.2, 0.25) is 0 Å². The summed E-state index contributed by atoms with van der Waals surface area (Å²) in [6.45, 7) is 8.07. The molecule has 0 aromatic carbocycles. The number of carbonyl (C=O) groups excluding carboxylic acids is 1. The number of rotatable bonds is 4. The molecule has 0 bridgehead atoms. The Hall–Kier alpha value is -0.650. The highest BCUT2D eigenvalue weighted by atomic mass is 16.5. The van der Waals surface area contributed by atoms with Crippen LogP contribution in [0, 0.1) is 11.8 Å². The monoisotopic (exact) mass is 270 g/mol. The second kappa shape index (κ2) is 6.68. The summed E-state index contributed by atoms with van der Waals surface area (Å²) in [5.74, 6) is 0.952. The lowest BCUT2D eigenvalue weighted by molar-refractivity contribution is -0.138. The number of likely N-dealkylation sites (N-methyl/N-ethyl adjacent to an activating group) is 1. The fourth-order valence-corrected chi connectivity index (χ4v) is 2.89. The predicted molar refractivity (Wildman–Crippen MR) is 72.9 cm³/mol. The molecule has 2 fully saturated rings. The number of nitrogens with zero attached hydrogens (tertiary/aromatic N) is 1. The van der Waals surface area contributed by atoms with Gasteiger partial charge in [-0.25, -0.2) is 0 Å². The number of hydrogen-bond donors (Lipinski definition) is 1. The molecule has 5 heteroatoms. The first-order valence-electron chi connectivity index (χ1n) is 7.27. The molecule has 2 saturated heterocycles. The summed E-state index contributed by atoms with van der Waals surface area (Å²) < 4.78 is 11.2. The molecule has 2 aliphatic heterocycles. The summed E-state index contributed by atoms with van der Waals surface area (Å²) in [5, 5.41) is 3.03. The molecule has 2 aliphatic rings. The van der Waals surface area contributed by atoms with Crippen LogP contribution < -0.4 is 5.32 Å². The van der Waals surface area contributed by atoms with Crippen molar-refractivity contribution in [3.8, 4) is 0 Å². The van der Waals surface area contributed by atoms with Crippen molar-refractivity contribution in [2.45, 2.75) is 32.5 Å². The Morgan fingerprint density at radius 3 is 2.84 bits per heavy atom. The summed E-state index contributed by atoms with van der Waals surface area (Å²) in [7, 11) is 2.02. The summed E-state index contributed by atoms with van der Waals surface area (Å²) >= 11 is 0. The normalized spacial score (nSPS) is 32.7. The first-order chi connectivity index (χ1) is 9.08. The average Bonchev–Trinajstić information content (AvgIpc) is 2.84. The van der Waals surface area contributed by atoms with Gasteiger partial charge in [0.15, 0.2) is 0 Å². The Bertz CT molecular complexity index is 309. The van der Waals surface area contributed by atoms with E-state index in [1.165, 1.54) is 0 Å². The highest BCUT2D eigenvalue weighted by molar-refractivity contribution is 5.81. The van der Waals surface area contributed by atoms with E-state index >= 15 is 0 Å². The number of morpholine rings is 1. The molecule has 1 amide bonds. The third-order valence-corrected chi connectivity index (χ3v) is 4.02. The second-order valence-electron chi connectivity index (χ2n) is 6.00. The molecule has 19 heavy (non-hydrogen) atoms. The van der Waals surface area contributed by atoms with Gasteiger partial charge < -0.3 is 19.7 Å². The third-order valence-electron chi connectivity index (χ3n) is 4.02.